The van der Waals surface area contributed by atoms with Gasteiger partial charge >= 0.3 is 0 Å². The lowest BCUT2D eigenvalue weighted by atomic mass is 10.2. The van der Waals surface area contributed by atoms with Gasteiger partial charge in [0.05, 0.1) is 10.7 Å². The minimum atomic E-state index is -0.709. The van der Waals surface area contributed by atoms with Gasteiger partial charge in [0.2, 0.25) is 0 Å². The molecule has 8 heteroatoms. The number of rotatable bonds is 4. The molecule has 1 saturated carbocycles. The van der Waals surface area contributed by atoms with Crippen molar-refractivity contribution in [2.24, 2.45) is 5.92 Å². The summed E-state index contributed by atoms with van der Waals surface area (Å²) in [7, 11) is 0. The summed E-state index contributed by atoms with van der Waals surface area (Å²) in [6.07, 6.45) is 2.09. The molecule has 1 heterocycles. The predicted molar refractivity (Wildman–Crippen MR) is 76.8 cm³/mol. The van der Waals surface area contributed by atoms with Gasteiger partial charge in [-0.25, -0.2) is 8.78 Å². The second-order valence-electron chi connectivity index (χ2n) is 4.85. The number of carbonyl (C=O) groups excluding carboxylic acids is 1. The summed E-state index contributed by atoms with van der Waals surface area (Å²) in [5.41, 5.74) is 3.76. The zero-order chi connectivity index (χ0) is 15.0. The Morgan fingerprint density at radius 1 is 1.38 bits per heavy atom. The minimum Gasteiger partial charge on any atom is -0.347 e. The molecule has 4 nitrogen and oxygen atoms in total. The Morgan fingerprint density at radius 3 is 2.81 bits per heavy atom. The Balaban J connectivity index is 1.72. The molecule has 112 valence electrons. The first-order chi connectivity index (χ1) is 10.1. The van der Waals surface area contributed by atoms with Crippen molar-refractivity contribution in [3.8, 4) is 0 Å². The maximum atomic E-state index is 13.6. The van der Waals surface area contributed by atoms with Gasteiger partial charge in [0.25, 0.3) is 5.91 Å². The molecular formula is C13H12ClF2N3OS. The first-order valence-corrected chi connectivity index (χ1v) is 7.60. The quantitative estimate of drug-likeness (QED) is 0.586. The number of amides is 1. The van der Waals surface area contributed by atoms with Crippen LogP contribution in [0, 0.1) is 17.6 Å². The summed E-state index contributed by atoms with van der Waals surface area (Å²) in [4.78, 5) is 15.5. The van der Waals surface area contributed by atoms with Crippen molar-refractivity contribution >= 4 is 29.5 Å². The number of carbonyl (C=O) groups is 1. The monoisotopic (exact) mass is 331 g/mol. The second kappa shape index (κ2) is 5.82. The molecule has 0 radical (unpaired) electrons. The highest BCUT2D eigenvalue weighted by Crippen LogP contribution is 2.40. The molecule has 1 aromatic rings. The highest BCUT2D eigenvalue weighted by molar-refractivity contribution is 8.02. The standard InChI is InChI=1S/C13H12ClF2N3OS/c14-10-7(8(15)3-4-9(10)16)5-17-13(20)12-11(6-1-2-6)18-19-21-12/h3-4,6,18-19H,1-2,5H2,(H,17,20). The minimum absolute atomic E-state index is 0.0532. The number of halogens is 3. The fourth-order valence-electron chi connectivity index (χ4n) is 2.05. The molecule has 21 heavy (non-hydrogen) atoms. The van der Waals surface area contributed by atoms with Crippen LogP contribution in [-0.2, 0) is 11.3 Å². The van der Waals surface area contributed by atoms with Gasteiger partial charge in [0, 0.05) is 18.0 Å². The Morgan fingerprint density at radius 2 is 2.10 bits per heavy atom. The summed E-state index contributed by atoms with van der Waals surface area (Å²) in [6.45, 7) is -0.163. The van der Waals surface area contributed by atoms with Crippen LogP contribution in [0.3, 0.4) is 0 Å². The summed E-state index contributed by atoms with van der Waals surface area (Å²) in [5.74, 6) is -1.31. The number of benzene rings is 1. The third kappa shape index (κ3) is 3.00. The van der Waals surface area contributed by atoms with Crippen LogP contribution in [-0.4, -0.2) is 5.91 Å². The van der Waals surface area contributed by atoms with E-state index in [9.17, 15) is 13.6 Å². The molecule has 0 aromatic heterocycles. The highest BCUT2D eigenvalue weighted by atomic mass is 35.5. The van der Waals surface area contributed by atoms with Gasteiger partial charge in [-0.1, -0.05) is 11.6 Å². The molecular weight excluding hydrogens is 320 g/mol. The zero-order valence-corrected chi connectivity index (χ0v) is 12.4. The van der Waals surface area contributed by atoms with Crippen LogP contribution >= 0.6 is 23.5 Å². The van der Waals surface area contributed by atoms with E-state index in [4.69, 9.17) is 11.6 Å². The van der Waals surface area contributed by atoms with E-state index in [0.717, 1.165) is 30.7 Å². The SMILES string of the molecule is O=C(NCc1c(F)ccc(F)c1Cl)C1=C(C2CC2)NNS1. The van der Waals surface area contributed by atoms with E-state index in [1.54, 1.807) is 0 Å². The summed E-state index contributed by atoms with van der Waals surface area (Å²) in [5, 5.41) is 2.27. The number of hydrogen-bond acceptors (Lipinski definition) is 4. The predicted octanol–water partition coefficient (Wildman–Crippen LogP) is 2.61. The van der Waals surface area contributed by atoms with E-state index in [1.807, 2.05) is 0 Å². The van der Waals surface area contributed by atoms with Crippen LogP contribution in [0.15, 0.2) is 22.7 Å². The molecule has 1 amide bonds. The third-order valence-electron chi connectivity index (χ3n) is 3.34. The second-order valence-corrected chi connectivity index (χ2v) is 6.05. The van der Waals surface area contributed by atoms with Crippen molar-refractivity contribution in [1.82, 2.24) is 15.6 Å². The van der Waals surface area contributed by atoms with Crippen molar-refractivity contribution in [2.45, 2.75) is 19.4 Å². The third-order valence-corrected chi connectivity index (χ3v) is 4.56. The van der Waals surface area contributed by atoms with Crippen molar-refractivity contribution in [2.75, 3.05) is 0 Å². The molecule has 0 spiro atoms. The topological polar surface area (TPSA) is 53.2 Å². The van der Waals surface area contributed by atoms with E-state index in [0.29, 0.717) is 10.8 Å². The largest absolute Gasteiger partial charge is 0.347 e. The van der Waals surface area contributed by atoms with Crippen molar-refractivity contribution in [3.63, 3.8) is 0 Å². The fraction of sp³-hybridized carbons (Fsp3) is 0.308. The van der Waals surface area contributed by atoms with E-state index in [2.05, 4.69) is 15.6 Å². The smallest absolute Gasteiger partial charge is 0.261 e. The first kappa shape index (κ1) is 14.6. The molecule has 1 fully saturated rings. The lowest BCUT2D eigenvalue weighted by Gasteiger charge is -2.09. The normalized spacial score (nSPS) is 17.9. The maximum Gasteiger partial charge on any atom is 0.261 e. The molecule has 3 N–H and O–H groups in total. The Kier molecular flexibility index (Phi) is 4.05. The van der Waals surface area contributed by atoms with E-state index in [-0.39, 0.29) is 23.0 Å². The van der Waals surface area contributed by atoms with Crippen LogP contribution in [0.2, 0.25) is 5.02 Å². The summed E-state index contributed by atoms with van der Waals surface area (Å²) in [6, 6.07) is 1.95. The lowest BCUT2D eigenvalue weighted by molar-refractivity contribution is -0.117. The van der Waals surface area contributed by atoms with Crippen molar-refractivity contribution < 1.29 is 13.6 Å². The Hall–Kier alpha value is -1.31. The van der Waals surface area contributed by atoms with Gasteiger partial charge in [0.15, 0.2) is 0 Å². The summed E-state index contributed by atoms with van der Waals surface area (Å²) >= 11 is 6.90. The van der Waals surface area contributed by atoms with Crippen LogP contribution in [0.25, 0.3) is 0 Å². The van der Waals surface area contributed by atoms with E-state index in [1.165, 1.54) is 11.9 Å². The van der Waals surface area contributed by atoms with E-state index >= 15 is 0 Å². The molecule has 2 aliphatic rings. The molecule has 0 saturated heterocycles. The number of hydrazine groups is 1. The maximum absolute atomic E-state index is 13.6. The number of hydrogen-bond donors (Lipinski definition) is 3. The number of allylic oxidation sites excluding steroid dienone is 1. The number of nitrogens with one attached hydrogen (secondary N) is 3. The average Bonchev–Trinajstić information content (AvgIpc) is 3.20. The first-order valence-electron chi connectivity index (χ1n) is 6.40. The molecule has 0 unspecified atom stereocenters. The molecule has 1 aromatic carbocycles. The molecule has 1 aliphatic carbocycles. The zero-order valence-electron chi connectivity index (χ0n) is 10.8. The van der Waals surface area contributed by atoms with Gasteiger partial charge in [-0.2, -0.15) is 4.83 Å². The van der Waals surface area contributed by atoms with Crippen molar-refractivity contribution in [1.29, 1.82) is 0 Å². The van der Waals surface area contributed by atoms with Crippen LogP contribution in [0.4, 0.5) is 8.78 Å². The fourth-order valence-corrected chi connectivity index (χ4v) is 3.03. The van der Waals surface area contributed by atoms with Gasteiger partial charge in [-0.05, 0) is 36.9 Å². The van der Waals surface area contributed by atoms with Crippen LogP contribution < -0.4 is 15.6 Å². The van der Waals surface area contributed by atoms with Crippen molar-refractivity contribution in [3.05, 3.63) is 45.0 Å². The highest BCUT2D eigenvalue weighted by Gasteiger charge is 2.34. The van der Waals surface area contributed by atoms with Gasteiger partial charge in [-0.3, -0.25) is 4.79 Å². The van der Waals surface area contributed by atoms with Gasteiger partial charge < -0.3 is 10.7 Å². The van der Waals surface area contributed by atoms with Gasteiger partial charge in [0.1, 0.15) is 16.5 Å². The van der Waals surface area contributed by atoms with Gasteiger partial charge in [-0.15, -0.1) is 0 Å². The summed E-state index contributed by atoms with van der Waals surface area (Å²) < 4.78 is 26.9. The van der Waals surface area contributed by atoms with Crippen LogP contribution in [0.1, 0.15) is 18.4 Å². The molecule has 0 atom stereocenters. The average molecular weight is 332 g/mol. The Bertz CT molecular complexity index is 634. The molecule has 3 rings (SSSR count). The van der Waals surface area contributed by atoms with E-state index < -0.39 is 11.6 Å². The van der Waals surface area contributed by atoms with Crippen LogP contribution in [0.5, 0.6) is 0 Å². The Labute approximate surface area is 129 Å². The molecule has 1 aliphatic heterocycles. The lowest BCUT2D eigenvalue weighted by Crippen LogP contribution is -2.25. The molecule has 0 bridgehead atoms.